The molecule has 0 spiro atoms. The number of amides is 1. The number of ketones is 1. The number of methoxy groups -OCH3 is 1. The molecule has 35 heavy (non-hydrogen) atoms. The number of aliphatic hydroxyl groups excluding tert-OH is 1. The molecule has 182 valence electrons. The molecule has 3 aliphatic rings. The number of nitrogens with zero attached hydrogens (tertiary/aromatic N) is 1. The lowest BCUT2D eigenvalue weighted by Crippen LogP contribution is -2.41. The summed E-state index contributed by atoms with van der Waals surface area (Å²) in [6.45, 7) is -0.0244. The van der Waals surface area contributed by atoms with E-state index in [1.807, 2.05) is 18.2 Å². The SMILES string of the molecule is COC(=O)c1ccc(C2C3=C(OC4CCC(Cl)CC4C3=O)C(=O)N2CC(O)c2ccccc2)cc1. The number of aliphatic hydroxyl groups is 1. The van der Waals surface area contributed by atoms with Gasteiger partial charge >= 0.3 is 5.97 Å². The molecule has 1 fully saturated rings. The predicted octanol–water partition coefficient (Wildman–Crippen LogP) is 3.72. The van der Waals surface area contributed by atoms with Crippen molar-refractivity contribution in [2.75, 3.05) is 13.7 Å². The van der Waals surface area contributed by atoms with Gasteiger partial charge in [0, 0.05) is 5.38 Å². The Hall–Kier alpha value is -3.16. The summed E-state index contributed by atoms with van der Waals surface area (Å²) in [6.07, 6.45) is 0.502. The van der Waals surface area contributed by atoms with Crippen LogP contribution in [0.3, 0.4) is 0 Å². The zero-order valence-corrected chi connectivity index (χ0v) is 20.0. The van der Waals surface area contributed by atoms with Crippen molar-refractivity contribution in [2.24, 2.45) is 5.92 Å². The third kappa shape index (κ3) is 4.23. The number of halogens is 1. The molecule has 5 rings (SSSR count). The van der Waals surface area contributed by atoms with Crippen LogP contribution in [-0.4, -0.2) is 52.8 Å². The first kappa shape index (κ1) is 23.6. The Balaban J connectivity index is 1.54. The summed E-state index contributed by atoms with van der Waals surface area (Å²) in [5.41, 5.74) is 1.96. The summed E-state index contributed by atoms with van der Waals surface area (Å²) in [5, 5.41) is 10.8. The van der Waals surface area contributed by atoms with E-state index in [0.29, 0.717) is 35.1 Å². The van der Waals surface area contributed by atoms with E-state index in [-0.39, 0.29) is 29.6 Å². The Bertz CT molecular complexity index is 1180. The van der Waals surface area contributed by atoms with Gasteiger partial charge in [0.05, 0.1) is 42.9 Å². The van der Waals surface area contributed by atoms with Crippen LogP contribution in [0.15, 0.2) is 65.9 Å². The second kappa shape index (κ2) is 9.47. The van der Waals surface area contributed by atoms with Crippen LogP contribution in [0.4, 0.5) is 0 Å². The fourth-order valence-corrected chi connectivity index (χ4v) is 5.60. The van der Waals surface area contributed by atoms with Crippen LogP contribution in [0.5, 0.6) is 0 Å². The molecule has 5 atom stereocenters. The molecule has 0 saturated heterocycles. The predicted molar refractivity (Wildman–Crippen MR) is 128 cm³/mol. The van der Waals surface area contributed by atoms with Crippen molar-refractivity contribution in [1.29, 1.82) is 0 Å². The van der Waals surface area contributed by atoms with Crippen LogP contribution in [0, 0.1) is 5.92 Å². The molecule has 2 aromatic rings. The molecular formula is C27H26ClNO6. The summed E-state index contributed by atoms with van der Waals surface area (Å²) in [6, 6.07) is 14.9. The monoisotopic (exact) mass is 495 g/mol. The van der Waals surface area contributed by atoms with Gasteiger partial charge in [-0.2, -0.15) is 0 Å². The summed E-state index contributed by atoms with van der Waals surface area (Å²) in [5.74, 6) is -1.38. The number of hydrogen-bond donors (Lipinski definition) is 1. The molecule has 1 N–H and O–H groups in total. The number of β-amino-alcohol motifs (C(OH)–C–C–N with tert-alkyl or cyclic N) is 1. The fourth-order valence-electron chi connectivity index (χ4n) is 5.28. The van der Waals surface area contributed by atoms with E-state index in [1.165, 1.54) is 12.0 Å². The third-order valence-corrected chi connectivity index (χ3v) is 7.48. The largest absolute Gasteiger partial charge is 0.483 e. The van der Waals surface area contributed by atoms with Gasteiger partial charge in [0.15, 0.2) is 11.5 Å². The molecule has 0 radical (unpaired) electrons. The Labute approximate surface area is 208 Å². The number of carbonyl (C=O) groups excluding carboxylic acids is 3. The van der Waals surface area contributed by atoms with E-state index in [2.05, 4.69) is 0 Å². The van der Waals surface area contributed by atoms with Crippen molar-refractivity contribution in [3.63, 3.8) is 0 Å². The topological polar surface area (TPSA) is 93.1 Å². The van der Waals surface area contributed by atoms with Crippen LogP contribution < -0.4 is 0 Å². The second-order valence-electron chi connectivity index (χ2n) is 9.18. The van der Waals surface area contributed by atoms with Crippen molar-refractivity contribution in [3.8, 4) is 0 Å². The molecule has 1 amide bonds. The van der Waals surface area contributed by atoms with E-state index in [4.69, 9.17) is 21.1 Å². The first-order chi connectivity index (χ1) is 16.9. The van der Waals surface area contributed by atoms with Crippen molar-refractivity contribution < 1.29 is 29.0 Å². The van der Waals surface area contributed by atoms with Gasteiger partial charge in [-0.05, 0) is 42.5 Å². The Morgan fingerprint density at radius 3 is 2.54 bits per heavy atom. The summed E-state index contributed by atoms with van der Waals surface area (Å²) < 4.78 is 10.9. The van der Waals surface area contributed by atoms with E-state index < -0.39 is 29.9 Å². The molecule has 1 saturated carbocycles. The third-order valence-electron chi connectivity index (χ3n) is 7.08. The van der Waals surface area contributed by atoms with Gasteiger partial charge in [0.1, 0.15) is 6.10 Å². The number of benzene rings is 2. The van der Waals surface area contributed by atoms with Gasteiger partial charge in [-0.1, -0.05) is 42.5 Å². The number of alkyl halides is 1. The molecule has 5 unspecified atom stereocenters. The van der Waals surface area contributed by atoms with Gasteiger partial charge in [-0.15, -0.1) is 11.6 Å². The maximum absolute atomic E-state index is 13.7. The lowest BCUT2D eigenvalue weighted by atomic mass is 9.77. The molecule has 7 nitrogen and oxygen atoms in total. The molecule has 2 heterocycles. The van der Waals surface area contributed by atoms with Gasteiger partial charge in [0.25, 0.3) is 5.91 Å². The van der Waals surface area contributed by atoms with Crippen LogP contribution >= 0.6 is 11.6 Å². The Morgan fingerprint density at radius 2 is 1.86 bits per heavy atom. The zero-order chi connectivity index (χ0) is 24.7. The smallest absolute Gasteiger partial charge is 0.337 e. The number of ether oxygens (including phenoxy) is 2. The fraction of sp³-hybridized carbons (Fsp3) is 0.370. The van der Waals surface area contributed by atoms with E-state index in [1.54, 1.807) is 36.4 Å². The average molecular weight is 496 g/mol. The minimum absolute atomic E-state index is 0.0244. The number of rotatable bonds is 5. The minimum Gasteiger partial charge on any atom is -0.483 e. The van der Waals surface area contributed by atoms with Crippen LogP contribution in [0.2, 0.25) is 0 Å². The minimum atomic E-state index is -0.956. The number of fused-ring (bicyclic) bond motifs is 1. The number of Topliss-reactive ketones (excluding diaryl/α,β-unsaturated/α-hetero) is 1. The molecule has 1 aliphatic carbocycles. The van der Waals surface area contributed by atoms with Gasteiger partial charge in [0.2, 0.25) is 0 Å². The molecule has 2 aromatic carbocycles. The lowest BCUT2D eigenvalue weighted by molar-refractivity contribution is -0.136. The van der Waals surface area contributed by atoms with E-state index in [9.17, 15) is 19.5 Å². The normalized spacial score (nSPS) is 26.7. The van der Waals surface area contributed by atoms with Gasteiger partial charge in [-0.25, -0.2) is 4.79 Å². The number of hydrogen-bond acceptors (Lipinski definition) is 6. The van der Waals surface area contributed by atoms with Crippen LogP contribution in [0.25, 0.3) is 0 Å². The Kier molecular flexibility index (Phi) is 6.38. The highest BCUT2D eigenvalue weighted by Gasteiger charge is 2.53. The number of carbonyl (C=O) groups is 3. The van der Waals surface area contributed by atoms with E-state index >= 15 is 0 Å². The van der Waals surface area contributed by atoms with Crippen molar-refractivity contribution in [3.05, 3.63) is 82.6 Å². The highest BCUT2D eigenvalue weighted by molar-refractivity contribution is 6.21. The van der Waals surface area contributed by atoms with Crippen molar-refractivity contribution in [2.45, 2.75) is 42.9 Å². The standard InChI is InChI=1S/C27H26ClNO6/c1-34-27(33)17-9-7-16(8-10-17)23-22-24(31)19-13-18(28)11-12-21(19)35-25(22)26(32)29(23)14-20(30)15-5-3-2-4-6-15/h2-10,18-21,23,30H,11-14H2,1H3. The molecule has 8 heteroatoms. The quantitative estimate of drug-likeness (QED) is 0.502. The maximum atomic E-state index is 13.7. The van der Waals surface area contributed by atoms with Gasteiger partial charge in [-0.3, -0.25) is 9.59 Å². The summed E-state index contributed by atoms with van der Waals surface area (Å²) >= 11 is 6.37. The molecular weight excluding hydrogens is 470 g/mol. The number of esters is 1. The average Bonchev–Trinajstić information content (AvgIpc) is 3.16. The van der Waals surface area contributed by atoms with Crippen LogP contribution in [0.1, 0.15) is 52.9 Å². The zero-order valence-electron chi connectivity index (χ0n) is 19.2. The molecule has 2 aliphatic heterocycles. The Morgan fingerprint density at radius 1 is 1.14 bits per heavy atom. The molecule has 0 aromatic heterocycles. The van der Waals surface area contributed by atoms with Crippen molar-refractivity contribution in [1.82, 2.24) is 4.90 Å². The summed E-state index contributed by atoms with van der Waals surface area (Å²) in [4.78, 5) is 40.7. The lowest BCUT2D eigenvalue weighted by Gasteiger charge is -2.37. The van der Waals surface area contributed by atoms with E-state index in [0.717, 1.165) is 6.42 Å². The van der Waals surface area contributed by atoms with Crippen molar-refractivity contribution >= 4 is 29.3 Å². The first-order valence-electron chi connectivity index (χ1n) is 11.7. The first-order valence-corrected chi connectivity index (χ1v) is 12.1. The maximum Gasteiger partial charge on any atom is 0.337 e. The summed E-state index contributed by atoms with van der Waals surface area (Å²) in [7, 11) is 1.30. The van der Waals surface area contributed by atoms with Gasteiger partial charge < -0.3 is 19.5 Å². The molecule has 0 bridgehead atoms. The second-order valence-corrected chi connectivity index (χ2v) is 9.80. The highest BCUT2D eigenvalue weighted by Crippen LogP contribution is 2.47. The highest BCUT2D eigenvalue weighted by atomic mass is 35.5. The van der Waals surface area contributed by atoms with Crippen LogP contribution in [-0.2, 0) is 19.1 Å².